The molecule has 5 rings (SSSR count). The van der Waals surface area contributed by atoms with E-state index in [9.17, 15) is 9.90 Å². The summed E-state index contributed by atoms with van der Waals surface area (Å²) in [5, 5.41) is 31.6. The summed E-state index contributed by atoms with van der Waals surface area (Å²) in [5.41, 5.74) is 5.35. The van der Waals surface area contributed by atoms with Gasteiger partial charge < -0.3 is 14.2 Å². The maximum Gasteiger partial charge on any atom is 0.271 e. The minimum absolute atomic E-state index is 0.0202. The average molecular weight is 468 g/mol. The van der Waals surface area contributed by atoms with Gasteiger partial charge in [0.25, 0.3) is 11.8 Å². The molecule has 2 N–H and O–H groups in total. The molecule has 34 heavy (non-hydrogen) atoms. The summed E-state index contributed by atoms with van der Waals surface area (Å²) in [7, 11) is 0. The number of phenols is 1. The molecule has 0 saturated carbocycles. The van der Waals surface area contributed by atoms with Crippen LogP contribution in [-0.4, -0.2) is 31.9 Å². The Hall–Kier alpha value is -4.75. The van der Waals surface area contributed by atoms with Gasteiger partial charge in [0, 0.05) is 33.6 Å². The fourth-order valence-electron chi connectivity index (χ4n) is 3.46. The summed E-state index contributed by atoms with van der Waals surface area (Å²) in [6.45, 7) is 0.441. The fraction of sp³-hybridized carbons (Fsp3) is 0.0417. The lowest BCUT2D eigenvalue weighted by molar-refractivity contribution is 0.0955. The van der Waals surface area contributed by atoms with Crippen LogP contribution in [0.3, 0.4) is 0 Å². The van der Waals surface area contributed by atoms with Crippen molar-refractivity contribution in [3.8, 4) is 23.3 Å². The average Bonchev–Trinajstić information content (AvgIpc) is 3.61. The molecule has 0 saturated heterocycles. The second-order valence-corrected chi connectivity index (χ2v) is 8.07. The first-order chi connectivity index (χ1) is 16.6. The van der Waals surface area contributed by atoms with E-state index in [2.05, 4.69) is 20.7 Å². The maximum atomic E-state index is 12.3. The first kappa shape index (κ1) is 21.1. The molecule has 0 atom stereocenters. The number of aromatic nitrogens is 3. The first-order valence-electron chi connectivity index (χ1n) is 10.1. The molecular formula is C24H16N6O3S. The van der Waals surface area contributed by atoms with E-state index < -0.39 is 5.91 Å². The number of carbonyl (C=O) groups excluding carboxylic acids is 1. The van der Waals surface area contributed by atoms with Crippen LogP contribution in [0.25, 0.3) is 22.4 Å². The number of carbonyl (C=O) groups is 1. The number of benzene rings is 2. The molecule has 166 valence electrons. The molecule has 3 heterocycles. The highest BCUT2D eigenvalue weighted by molar-refractivity contribution is 7.08. The van der Waals surface area contributed by atoms with E-state index in [1.54, 1.807) is 17.6 Å². The number of phenolic OH excluding ortho intramolecular Hbond substituents is 1. The predicted octanol–water partition coefficient (Wildman–Crippen LogP) is 4.14. The zero-order valence-corrected chi connectivity index (χ0v) is 18.4. The van der Waals surface area contributed by atoms with Crippen LogP contribution in [0.4, 0.5) is 0 Å². The van der Waals surface area contributed by atoms with Crippen LogP contribution >= 0.6 is 11.3 Å². The number of hydrazone groups is 1. The third kappa shape index (κ3) is 4.15. The van der Waals surface area contributed by atoms with Crippen LogP contribution in [0.15, 0.2) is 75.1 Å². The minimum Gasteiger partial charge on any atom is -0.507 e. The quantitative estimate of drug-likeness (QED) is 0.285. The molecule has 0 spiro atoms. The molecule has 0 unspecified atom stereocenters. The maximum absolute atomic E-state index is 12.3. The Morgan fingerprint density at radius 1 is 1.29 bits per heavy atom. The second-order valence-electron chi connectivity index (χ2n) is 7.29. The molecule has 1 amide bonds. The molecule has 10 heteroatoms. The van der Waals surface area contributed by atoms with Crippen molar-refractivity contribution in [2.24, 2.45) is 5.10 Å². The standard InChI is InChI=1S/C24H16N6O3S/c25-11-18-10-15(4-5-21(18)31)23(32)28-26-12-16-2-1-3-20-19(16)6-8-30(20)13-22-27-24(33-29-22)17-7-9-34-14-17/h1-10,12,14,31H,13H2,(H,28,32)/b26-12+. The lowest BCUT2D eigenvalue weighted by atomic mass is 10.1. The van der Waals surface area contributed by atoms with Crippen molar-refractivity contribution in [2.45, 2.75) is 6.54 Å². The van der Waals surface area contributed by atoms with Crippen LogP contribution in [0.2, 0.25) is 0 Å². The normalized spacial score (nSPS) is 11.1. The van der Waals surface area contributed by atoms with Gasteiger partial charge in [-0.05, 0) is 41.8 Å². The fourth-order valence-corrected chi connectivity index (χ4v) is 4.09. The molecule has 0 bridgehead atoms. The largest absolute Gasteiger partial charge is 0.507 e. The lowest BCUT2D eigenvalue weighted by Gasteiger charge is -2.04. The Kier molecular flexibility index (Phi) is 5.60. The van der Waals surface area contributed by atoms with E-state index in [0.717, 1.165) is 22.0 Å². The molecular weight excluding hydrogens is 452 g/mol. The molecule has 0 aliphatic rings. The molecule has 0 aliphatic carbocycles. The minimum atomic E-state index is -0.490. The van der Waals surface area contributed by atoms with Crippen molar-refractivity contribution in [3.05, 3.63) is 88.0 Å². The molecule has 0 fully saturated rings. The summed E-state index contributed by atoms with van der Waals surface area (Å²) in [6.07, 6.45) is 3.49. The number of thiophene rings is 1. The highest BCUT2D eigenvalue weighted by Gasteiger charge is 2.12. The SMILES string of the molecule is N#Cc1cc(C(=O)N/N=C/c2cccc3c2ccn3Cc2noc(-c3ccsc3)n2)ccc1O. The van der Waals surface area contributed by atoms with E-state index >= 15 is 0 Å². The number of hydrogen-bond acceptors (Lipinski definition) is 8. The second kappa shape index (κ2) is 9.01. The zero-order valence-electron chi connectivity index (χ0n) is 17.5. The number of nitrogens with one attached hydrogen (secondary N) is 1. The van der Waals surface area contributed by atoms with Crippen LogP contribution in [0.5, 0.6) is 5.75 Å². The number of nitrogens with zero attached hydrogens (tertiary/aromatic N) is 5. The number of hydrogen-bond donors (Lipinski definition) is 2. The Morgan fingerprint density at radius 3 is 3.03 bits per heavy atom. The van der Waals surface area contributed by atoms with Gasteiger partial charge in [-0.15, -0.1) is 0 Å². The summed E-state index contributed by atoms with van der Waals surface area (Å²) < 4.78 is 7.37. The van der Waals surface area contributed by atoms with Gasteiger partial charge in [-0.3, -0.25) is 4.79 Å². The molecule has 3 aromatic heterocycles. The van der Waals surface area contributed by atoms with Crippen molar-refractivity contribution < 1.29 is 14.4 Å². The first-order valence-corrected chi connectivity index (χ1v) is 11.1. The van der Waals surface area contributed by atoms with Crippen molar-refractivity contribution >= 4 is 34.4 Å². The van der Waals surface area contributed by atoms with Gasteiger partial charge in [0.1, 0.15) is 11.8 Å². The van der Waals surface area contributed by atoms with E-state index in [0.29, 0.717) is 18.3 Å². The van der Waals surface area contributed by atoms with Crippen LogP contribution in [0, 0.1) is 11.3 Å². The summed E-state index contributed by atoms with van der Waals surface area (Å²) in [6, 6.07) is 15.5. The van der Waals surface area contributed by atoms with E-state index in [-0.39, 0.29) is 16.9 Å². The van der Waals surface area contributed by atoms with Gasteiger partial charge in [-0.25, -0.2) is 5.43 Å². The van der Waals surface area contributed by atoms with Crippen molar-refractivity contribution in [1.29, 1.82) is 5.26 Å². The summed E-state index contributed by atoms with van der Waals surface area (Å²) in [5.74, 6) is 0.390. The third-order valence-electron chi connectivity index (χ3n) is 5.14. The summed E-state index contributed by atoms with van der Waals surface area (Å²) in [4.78, 5) is 16.8. The molecule has 9 nitrogen and oxygen atoms in total. The van der Waals surface area contributed by atoms with Crippen molar-refractivity contribution in [3.63, 3.8) is 0 Å². The van der Waals surface area contributed by atoms with Gasteiger partial charge >= 0.3 is 0 Å². The number of nitriles is 1. The van der Waals surface area contributed by atoms with Gasteiger partial charge in [0.05, 0.1) is 23.9 Å². The lowest BCUT2D eigenvalue weighted by Crippen LogP contribution is -2.17. The smallest absolute Gasteiger partial charge is 0.271 e. The summed E-state index contributed by atoms with van der Waals surface area (Å²) >= 11 is 1.57. The number of rotatable bonds is 6. The predicted molar refractivity (Wildman–Crippen MR) is 127 cm³/mol. The number of amides is 1. The van der Waals surface area contributed by atoms with Crippen molar-refractivity contribution in [2.75, 3.05) is 0 Å². The molecule has 0 radical (unpaired) electrons. The van der Waals surface area contributed by atoms with Crippen LogP contribution in [-0.2, 0) is 6.54 Å². The van der Waals surface area contributed by atoms with E-state index in [4.69, 9.17) is 9.78 Å². The number of aromatic hydroxyl groups is 1. The molecule has 2 aromatic carbocycles. The monoisotopic (exact) mass is 468 g/mol. The van der Waals surface area contributed by atoms with Gasteiger partial charge in [-0.1, -0.05) is 17.3 Å². The van der Waals surface area contributed by atoms with Crippen LogP contribution < -0.4 is 5.43 Å². The Balaban J connectivity index is 1.32. The van der Waals surface area contributed by atoms with Gasteiger partial charge in [0.15, 0.2) is 5.82 Å². The highest BCUT2D eigenvalue weighted by Crippen LogP contribution is 2.23. The van der Waals surface area contributed by atoms with Gasteiger partial charge in [0.2, 0.25) is 0 Å². The van der Waals surface area contributed by atoms with Crippen LogP contribution in [0.1, 0.15) is 27.3 Å². The number of fused-ring (bicyclic) bond motifs is 1. The van der Waals surface area contributed by atoms with E-state index in [1.165, 1.54) is 18.2 Å². The zero-order chi connectivity index (χ0) is 23.5. The third-order valence-corrected chi connectivity index (χ3v) is 5.83. The molecule has 0 aliphatic heterocycles. The Morgan fingerprint density at radius 2 is 2.21 bits per heavy atom. The highest BCUT2D eigenvalue weighted by atomic mass is 32.1. The Labute approximate surface area is 197 Å². The Bertz CT molecular complexity index is 1560. The van der Waals surface area contributed by atoms with Crippen molar-refractivity contribution in [1.82, 2.24) is 20.1 Å². The molecule has 5 aromatic rings. The van der Waals surface area contributed by atoms with Gasteiger partial charge in [-0.2, -0.15) is 26.7 Å². The van der Waals surface area contributed by atoms with E-state index in [1.807, 2.05) is 57.9 Å². The topological polar surface area (TPSA) is 129 Å².